The highest BCUT2D eigenvalue weighted by Gasteiger charge is 2.21. The van der Waals surface area contributed by atoms with E-state index in [0.29, 0.717) is 5.92 Å². The van der Waals surface area contributed by atoms with E-state index in [1.807, 2.05) is 7.05 Å². The number of hydrogen-bond donors (Lipinski definition) is 0. The molecule has 0 saturated heterocycles. The fourth-order valence-electron chi connectivity index (χ4n) is 1.68. The highest BCUT2D eigenvalue weighted by atomic mass is 16.2. The van der Waals surface area contributed by atoms with Crippen LogP contribution in [0.1, 0.15) is 19.3 Å². The molecular formula is C9H15N5O. The van der Waals surface area contributed by atoms with Crippen LogP contribution in [-0.4, -0.2) is 44.6 Å². The maximum absolute atomic E-state index is 11.7. The number of aromatic nitrogens is 4. The van der Waals surface area contributed by atoms with Crippen molar-refractivity contribution in [3.05, 3.63) is 6.33 Å². The fraction of sp³-hybridized carbons (Fsp3) is 0.778. The van der Waals surface area contributed by atoms with E-state index in [0.717, 1.165) is 6.54 Å². The smallest absolute Gasteiger partial charge is 0.244 e. The molecule has 82 valence electrons. The molecule has 0 aromatic carbocycles. The summed E-state index contributed by atoms with van der Waals surface area (Å²) < 4.78 is 1.44. The van der Waals surface area contributed by atoms with Gasteiger partial charge >= 0.3 is 0 Å². The quantitative estimate of drug-likeness (QED) is 0.696. The first kappa shape index (κ1) is 10.1. The van der Waals surface area contributed by atoms with Gasteiger partial charge in [-0.2, -0.15) is 0 Å². The van der Waals surface area contributed by atoms with Gasteiger partial charge in [0.25, 0.3) is 0 Å². The van der Waals surface area contributed by atoms with Crippen LogP contribution in [0.3, 0.4) is 0 Å². The van der Waals surface area contributed by atoms with E-state index in [1.54, 1.807) is 4.90 Å². The first-order valence-corrected chi connectivity index (χ1v) is 5.20. The van der Waals surface area contributed by atoms with Crippen LogP contribution < -0.4 is 0 Å². The SMILES string of the molecule is CN(CC1CCC1)C(=O)Cn1cnnn1. The van der Waals surface area contributed by atoms with Gasteiger partial charge in [0.05, 0.1) is 0 Å². The van der Waals surface area contributed by atoms with Gasteiger partial charge in [0.2, 0.25) is 5.91 Å². The molecule has 1 heterocycles. The molecule has 1 aromatic rings. The molecular weight excluding hydrogens is 194 g/mol. The van der Waals surface area contributed by atoms with Crippen LogP contribution in [0.15, 0.2) is 6.33 Å². The second-order valence-electron chi connectivity index (χ2n) is 4.08. The Balaban J connectivity index is 1.79. The van der Waals surface area contributed by atoms with Crippen LogP contribution in [0.4, 0.5) is 0 Å². The summed E-state index contributed by atoms with van der Waals surface area (Å²) in [6, 6.07) is 0. The van der Waals surface area contributed by atoms with Gasteiger partial charge in [0.1, 0.15) is 12.9 Å². The molecule has 1 saturated carbocycles. The van der Waals surface area contributed by atoms with Gasteiger partial charge in [0.15, 0.2) is 0 Å². The molecule has 0 atom stereocenters. The standard InChI is InChI=1S/C9H15N5O/c1-13(5-8-3-2-4-8)9(15)6-14-7-10-11-12-14/h7-8H,2-6H2,1H3. The number of amides is 1. The average molecular weight is 209 g/mol. The van der Waals surface area contributed by atoms with Crippen LogP contribution in [0.2, 0.25) is 0 Å². The van der Waals surface area contributed by atoms with E-state index >= 15 is 0 Å². The highest BCUT2D eigenvalue weighted by Crippen LogP contribution is 2.26. The Kier molecular flexibility index (Phi) is 2.94. The molecule has 0 N–H and O–H groups in total. The molecule has 1 fully saturated rings. The molecule has 1 amide bonds. The molecule has 6 heteroatoms. The van der Waals surface area contributed by atoms with Crippen LogP contribution >= 0.6 is 0 Å². The minimum atomic E-state index is 0.0641. The molecule has 1 aromatic heterocycles. The van der Waals surface area contributed by atoms with Crippen LogP contribution in [0, 0.1) is 5.92 Å². The summed E-state index contributed by atoms with van der Waals surface area (Å²) in [7, 11) is 1.84. The lowest BCUT2D eigenvalue weighted by Crippen LogP contribution is -2.36. The molecule has 1 aliphatic carbocycles. The Hall–Kier alpha value is -1.46. The normalized spacial score (nSPS) is 16.1. The Bertz CT molecular complexity index is 319. The number of tetrazole rings is 1. The van der Waals surface area contributed by atoms with Crippen molar-refractivity contribution in [2.75, 3.05) is 13.6 Å². The molecule has 0 bridgehead atoms. The zero-order chi connectivity index (χ0) is 10.7. The predicted octanol–water partition coefficient (Wildman–Crippen LogP) is -0.0684. The maximum Gasteiger partial charge on any atom is 0.244 e. The average Bonchev–Trinajstić information content (AvgIpc) is 2.63. The monoisotopic (exact) mass is 209 g/mol. The van der Waals surface area contributed by atoms with E-state index in [4.69, 9.17) is 0 Å². The second-order valence-corrected chi connectivity index (χ2v) is 4.08. The largest absolute Gasteiger partial charge is 0.344 e. The Morgan fingerprint density at radius 3 is 2.93 bits per heavy atom. The molecule has 2 rings (SSSR count). The number of carbonyl (C=O) groups is 1. The van der Waals surface area contributed by atoms with Gasteiger partial charge in [-0.1, -0.05) is 6.42 Å². The summed E-state index contributed by atoms with van der Waals surface area (Å²) in [6.45, 7) is 1.09. The van der Waals surface area contributed by atoms with Crippen molar-refractivity contribution >= 4 is 5.91 Å². The van der Waals surface area contributed by atoms with Gasteiger partial charge in [0, 0.05) is 13.6 Å². The van der Waals surface area contributed by atoms with E-state index < -0.39 is 0 Å². The van der Waals surface area contributed by atoms with E-state index in [9.17, 15) is 4.79 Å². The molecule has 15 heavy (non-hydrogen) atoms. The lowest BCUT2D eigenvalue weighted by molar-refractivity contribution is -0.131. The summed E-state index contributed by atoms with van der Waals surface area (Å²) in [5, 5.41) is 10.6. The van der Waals surface area contributed by atoms with Crippen molar-refractivity contribution in [3.8, 4) is 0 Å². The van der Waals surface area contributed by atoms with Gasteiger partial charge in [-0.15, -0.1) is 5.10 Å². The number of rotatable bonds is 4. The number of nitrogens with zero attached hydrogens (tertiary/aromatic N) is 5. The lowest BCUT2D eigenvalue weighted by atomic mass is 9.85. The third kappa shape index (κ3) is 2.51. The molecule has 0 radical (unpaired) electrons. The third-order valence-electron chi connectivity index (χ3n) is 2.87. The maximum atomic E-state index is 11.7. The van der Waals surface area contributed by atoms with Gasteiger partial charge < -0.3 is 4.90 Å². The minimum absolute atomic E-state index is 0.0641. The van der Waals surface area contributed by atoms with Gasteiger partial charge in [-0.3, -0.25) is 4.79 Å². The summed E-state index contributed by atoms with van der Waals surface area (Å²) >= 11 is 0. The van der Waals surface area contributed by atoms with E-state index in [2.05, 4.69) is 15.5 Å². The Morgan fingerprint density at radius 1 is 1.60 bits per heavy atom. The van der Waals surface area contributed by atoms with Gasteiger partial charge in [-0.05, 0) is 29.2 Å². The summed E-state index contributed by atoms with van der Waals surface area (Å²) in [4.78, 5) is 13.5. The Morgan fingerprint density at radius 2 is 2.40 bits per heavy atom. The summed E-state index contributed by atoms with van der Waals surface area (Å²) in [5.74, 6) is 0.766. The van der Waals surface area contributed by atoms with Crippen molar-refractivity contribution in [2.45, 2.75) is 25.8 Å². The zero-order valence-corrected chi connectivity index (χ0v) is 8.83. The van der Waals surface area contributed by atoms with Crippen LogP contribution in [0.5, 0.6) is 0 Å². The van der Waals surface area contributed by atoms with Crippen molar-refractivity contribution in [1.82, 2.24) is 25.1 Å². The van der Waals surface area contributed by atoms with E-state index in [-0.39, 0.29) is 12.5 Å². The molecule has 0 spiro atoms. The summed E-state index contributed by atoms with van der Waals surface area (Å²) in [6.07, 6.45) is 5.26. The first-order valence-electron chi connectivity index (χ1n) is 5.20. The van der Waals surface area contributed by atoms with Crippen molar-refractivity contribution in [1.29, 1.82) is 0 Å². The number of hydrogen-bond acceptors (Lipinski definition) is 4. The lowest BCUT2D eigenvalue weighted by Gasteiger charge is -2.30. The first-order chi connectivity index (χ1) is 7.25. The fourth-order valence-corrected chi connectivity index (χ4v) is 1.68. The molecule has 0 aliphatic heterocycles. The van der Waals surface area contributed by atoms with Gasteiger partial charge in [-0.25, -0.2) is 4.68 Å². The molecule has 1 aliphatic rings. The van der Waals surface area contributed by atoms with Crippen LogP contribution in [0.25, 0.3) is 0 Å². The third-order valence-corrected chi connectivity index (χ3v) is 2.87. The number of likely N-dealkylation sites (N-methyl/N-ethyl adjacent to an activating group) is 1. The number of carbonyl (C=O) groups excluding carboxylic acids is 1. The second kappa shape index (κ2) is 4.37. The predicted molar refractivity (Wildman–Crippen MR) is 52.8 cm³/mol. The summed E-state index contributed by atoms with van der Waals surface area (Å²) in [5.41, 5.74) is 0. The molecule has 6 nitrogen and oxygen atoms in total. The minimum Gasteiger partial charge on any atom is -0.344 e. The van der Waals surface area contributed by atoms with Crippen molar-refractivity contribution < 1.29 is 4.79 Å². The van der Waals surface area contributed by atoms with Crippen molar-refractivity contribution in [3.63, 3.8) is 0 Å². The topological polar surface area (TPSA) is 63.9 Å². The molecule has 0 unspecified atom stereocenters. The van der Waals surface area contributed by atoms with Crippen molar-refractivity contribution in [2.24, 2.45) is 5.92 Å². The Labute approximate surface area is 88.2 Å². The van der Waals surface area contributed by atoms with Crippen LogP contribution in [-0.2, 0) is 11.3 Å². The highest BCUT2D eigenvalue weighted by molar-refractivity contribution is 5.75. The van der Waals surface area contributed by atoms with E-state index in [1.165, 1.54) is 30.3 Å². The zero-order valence-electron chi connectivity index (χ0n) is 8.83.